The highest BCUT2D eigenvalue weighted by atomic mass is 35.5. The van der Waals surface area contributed by atoms with E-state index in [0.717, 1.165) is 6.07 Å². The molecule has 0 bridgehead atoms. The quantitative estimate of drug-likeness (QED) is 0.284. The first-order valence-corrected chi connectivity index (χ1v) is 11.6. The Morgan fingerprint density at radius 3 is 2.37 bits per heavy atom. The summed E-state index contributed by atoms with van der Waals surface area (Å²) in [5.41, 5.74) is 1.30. The molecule has 0 spiro atoms. The molecule has 1 saturated carbocycles. The molecule has 0 saturated heterocycles. The SMILES string of the molecule is CC(C)NCc1cc(O)c2c(c1F)C[C@H]1C[C@H]3[C@H](N(C)C)C(=O)C(C(N)=O)=C(O)[C@@]3(O)C(=O)C1=C2O.Cl.Cl. The Morgan fingerprint density at radius 1 is 1.24 bits per heavy atom. The molecule has 38 heavy (non-hydrogen) atoms. The third-order valence-corrected chi connectivity index (χ3v) is 7.43. The summed E-state index contributed by atoms with van der Waals surface area (Å²) in [6.07, 6.45) is -0.191. The smallest absolute Gasteiger partial charge is 0.255 e. The van der Waals surface area contributed by atoms with Gasteiger partial charge >= 0.3 is 0 Å². The minimum absolute atomic E-state index is 0. The average molecular weight is 576 g/mol. The number of amides is 1. The lowest BCUT2D eigenvalue weighted by Crippen LogP contribution is -2.65. The van der Waals surface area contributed by atoms with Crippen molar-refractivity contribution >= 4 is 48.0 Å². The van der Waals surface area contributed by atoms with Crippen molar-refractivity contribution in [1.29, 1.82) is 0 Å². The number of nitrogens with two attached hydrogens (primary N) is 1. The monoisotopic (exact) mass is 575 g/mol. The van der Waals surface area contributed by atoms with Gasteiger partial charge in [0.15, 0.2) is 11.4 Å². The number of benzene rings is 1. The van der Waals surface area contributed by atoms with Crippen LogP contribution in [0.25, 0.3) is 5.76 Å². The van der Waals surface area contributed by atoms with Gasteiger partial charge in [-0.3, -0.25) is 19.3 Å². The molecule has 1 aromatic rings. The van der Waals surface area contributed by atoms with Gasteiger partial charge < -0.3 is 31.5 Å². The van der Waals surface area contributed by atoms with E-state index in [1.54, 1.807) is 0 Å². The van der Waals surface area contributed by atoms with Crippen LogP contribution in [0.1, 0.15) is 37.0 Å². The molecule has 210 valence electrons. The molecule has 0 radical (unpaired) electrons. The Kier molecular flexibility index (Phi) is 8.97. The second kappa shape index (κ2) is 10.8. The largest absolute Gasteiger partial charge is 0.508 e. The predicted molar refractivity (Wildman–Crippen MR) is 141 cm³/mol. The van der Waals surface area contributed by atoms with Crippen LogP contribution in [0.3, 0.4) is 0 Å². The highest BCUT2D eigenvalue weighted by Gasteiger charge is 2.64. The molecule has 1 fully saturated rings. The molecular formula is C25H32Cl2FN3O7. The van der Waals surface area contributed by atoms with Crippen molar-refractivity contribution in [2.75, 3.05) is 14.1 Å². The van der Waals surface area contributed by atoms with Crippen LogP contribution in [0.2, 0.25) is 0 Å². The molecule has 3 aliphatic rings. The molecular weight excluding hydrogens is 544 g/mol. The van der Waals surface area contributed by atoms with Gasteiger partial charge in [0, 0.05) is 35.2 Å². The maximum Gasteiger partial charge on any atom is 0.255 e. The third-order valence-electron chi connectivity index (χ3n) is 7.43. The molecule has 0 aromatic heterocycles. The van der Waals surface area contributed by atoms with Gasteiger partial charge in [-0.25, -0.2) is 4.39 Å². The number of phenols is 1. The van der Waals surface area contributed by atoms with Crippen molar-refractivity contribution in [2.45, 2.75) is 50.9 Å². The number of hydrogen-bond donors (Lipinski definition) is 6. The molecule has 0 aliphatic heterocycles. The molecule has 10 nitrogen and oxygen atoms in total. The maximum absolute atomic E-state index is 15.5. The van der Waals surface area contributed by atoms with Crippen molar-refractivity contribution in [3.63, 3.8) is 0 Å². The first kappa shape index (κ1) is 31.5. The number of nitrogens with zero attached hydrogens (tertiary/aromatic N) is 1. The summed E-state index contributed by atoms with van der Waals surface area (Å²) in [5, 5.41) is 47.1. The second-order valence-electron chi connectivity index (χ2n) is 10.2. The van der Waals surface area contributed by atoms with Crippen LogP contribution in [0.4, 0.5) is 4.39 Å². The van der Waals surface area contributed by atoms with Gasteiger partial charge in [-0.15, -0.1) is 24.8 Å². The van der Waals surface area contributed by atoms with Crippen LogP contribution >= 0.6 is 24.8 Å². The Balaban J connectivity index is 0.00000253. The topological polar surface area (TPSA) is 173 Å². The Bertz CT molecular complexity index is 1260. The van der Waals surface area contributed by atoms with Crippen molar-refractivity contribution in [2.24, 2.45) is 17.6 Å². The van der Waals surface area contributed by atoms with Crippen molar-refractivity contribution in [1.82, 2.24) is 10.2 Å². The summed E-state index contributed by atoms with van der Waals surface area (Å²) in [6.45, 7) is 3.89. The lowest BCUT2D eigenvalue weighted by atomic mass is 9.57. The van der Waals surface area contributed by atoms with E-state index in [4.69, 9.17) is 5.73 Å². The fourth-order valence-electron chi connectivity index (χ4n) is 5.79. The number of primary amides is 1. The van der Waals surface area contributed by atoms with Crippen molar-refractivity contribution in [3.05, 3.63) is 45.5 Å². The summed E-state index contributed by atoms with van der Waals surface area (Å²) >= 11 is 0. The molecule has 0 unspecified atom stereocenters. The number of hydrogen-bond acceptors (Lipinski definition) is 9. The zero-order chi connectivity index (χ0) is 26.9. The van der Waals surface area contributed by atoms with E-state index >= 15 is 4.39 Å². The first-order valence-electron chi connectivity index (χ1n) is 11.6. The van der Waals surface area contributed by atoms with E-state index < -0.39 is 69.6 Å². The zero-order valence-electron chi connectivity index (χ0n) is 21.2. The van der Waals surface area contributed by atoms with E-state index in [2.05, 4.69) is 5.32 Å². The van der Waals surface area contributed by atoms with Gasteiger partial charge in [-0.05, 0) is 38.9 Å². The average Bonchev–Trinajstić information content (AvgIpc) is 2.77. The second-order valence-corrected chi connectivity index (χ2v) is 10.2. The van der Waals surface area contributed by atoms with Crippen molar-refractivity contribution in [3.8, 4) is 5.75 Å². The number of fused-ring (bicyclic) bond motifs is 3. The van der Waals surface area contributed by atoms with E-state index in [1.807, 2.05) is 13.8 Å². The normalized spacial score (nSPS) is 26.5. The van der Waals surface area contributed by atoms with Gasteiger partial charge in [-0.1, -0.05) is 13.8 Å². The number of aliphatic hydroxyl groups excluding tert-OH is 2. The van der Waals surface area contributed by atoms with Crippen LogP contribution in [0, 0.1) is 17.7 Å². The summed E-state index contributed by atoms with van der Waals surface area (Å²) < 4.78 is 15.5. The van der Waals surface area contributed by atoms with Gasteiger partial charge in [0.25, 0.3) is 5.91 Å². The highest BCUT2D eigenvalue weighted by Crippen LogP contribution is 2.53. The lowest BCUT2D eigenvalue weighted by Gasteiger charge is -2.50. The van der Waals surface area contributed by atoms with Crippen LogP contribution < -0.4 is 11.1 Å². The summed E-state index contributed by atoms with van der Waals surface area (Å²) in [4.78, 5) is 40.2. The van der Waals surface area contributed by atoms with E-state index in [0.29, 0.717) is 0 Å². The van der Waals surface area contributed by atoms with Crippen LogP contribution in [0.15, 0.2) is 23.0 Å². The third kappa shape index (κ3) is 4.46. The van der Waals surface area contributed by atoms with Crippen molar-refractivity contribution < 1.29 is 39.2 Å². The molecule has 7 N–H and O–H groups in total. The predicted octanol–water partition coefficient (Wildman–Crippen LogP) is 1.44. The fourth-order valence-corrected chi connectivity index (χ4v) is 5.79. The summed E-state index contributed by atoms with van der Waals surface area (Å²) in [6, 6.07) is 0.0197. The highest BCUT2D eigenvalue weighted by molar-refractivity contribution is 6.24. The van der Waals surface area contributed by atoms with Crippen LogP contribution in [0.5, 0.6) is 5.75 Å². The number of Topliss-reactive ketones (excluding diaryl/α,β-unsaturated/α-hetero) is 2. The number of carbonyl (C=O) groups excluding carboxylic acids is 3. The fraction of sp³-hybridized carbons (Fsp3) is 0.480. The minimum atomic E-state index is -2.72. The first-order chi connectivity index (χ1) is 16.7. The molecule has 0 heterocycles. The number of ketones is 2. The van der Waals surface area contributed by atoms with E-state index in [-0.39, 0.29) is 72.5 Å². The number of carbonyl (C=O) groups is 3. The standard InChI is InChI=1S/C25H30FN3O7.2ClH/c1-9(2)28-8-11-7-14(30)16-12(18(11)26)5-10-6-13-19(29(3)4)21(32)17(24(27)35)23(34)25(13,36)22(33)15(10)20(16)31;;/h7,9-10,13,19,28,30-31,34,36H,5-6,8H2,1-4H3,(H2,27,35);2*1H/t10-,13-,19-,25-;;/m0../s1. The van der Waals surface area contributed by atoms with E-state index in [1.165, 1.54) is 19.0 Å². The Labute approximate surface area is 231 Å². The Morgan fingerprint density at radius 2 is 1.84 bits per heavy atom. The maximum atomic E-state index is 15.5. The number of nitrogens with one attached hydrogen (secondary N) is 1. The van der Waals surface area contributed by atoms with Gasteiger partial charge in [0.05, 0.1) is 11.6 Å². The number of likely N-dealkylation sites (N-methyl/N-ethyl adjacent to an activating group) is 1. The summed E-state index contributed by atoms with van der Waals surface area (Å²) in [5.74, 6) is -8.28. The number of rotatable bonds is 5. The molecule has 1 amide bonds. The molecule has 13 heteroatoms. The number of halogens is 3. The van der Waals surface area contributed by atoms with Gasteiger partial charge in [0.2, 0.25) is 5.78 Å². The number of aliphatic hydroxyl groups is 3. The Hall–Kier alpha value is -2.70. The zero-order valence-corrected chi connectivity index (χ0v) is 22.9. The minimum Gasteiger partial charge on any atom is -0.508 e. The number of phenolic OH excluding ortho intramolecular Hbond substituents is 1. The molecule has 3 aliphatic carbocycles. The lowest BCUT2D eigenvalue weighted by molar-refractivity contribution is -0.153. The number of aromatic hydroxyl groups is 1. The molecule has 4 atom stereocenters. The van der Waals surface area contributed by atoms with E-state index in [9.17, 15) is 34.8 Å². The molecule has 1 aromatic carbocycles. The van der Waals surface area contributed by atoms with Crippen LogP contribution in [-0.2, 0) is 27.3 Å². The van der Waals surface area contributed by atoms with Gasteiger partial charge in [0.1, 0.15) is 28.7 Å². The van der Waals surface area contributed by atoms with Gasteiger partial charge in [-0.2, -0.15) is 0 Å². The summed E-state index contributed by atoms with van der Waals surface area (Å²) in [7, 11) is 3.03. The molecule has 4 rings (SSSR count). The van der Waals surface area contributed by atoms with Crippen LogP contribution in [-0.4, -0.2) is 74.6 Å².